The zero-order valence-electron chi connectivity index (χ0n) is 11.6. The topological polar surface area (TPSA) is 17.1 Å². The molecule has 1 saturated carbocycles. The largest absolute Gasteiger partial charge is 0.294 e. The monoisotopic (exact) mass is 252 g/mol. The molecule has 0 aliphatic heterocycles. The molecule has 0 bridgehead atoms. The number of Topliss-reactive ketones (excluding diaryl/α,β-unsaturated/α-hetero) is 1. The van der Waals surface area contributed by atoms with E-state index in [0.29, 0.717) is 11.5 Å². The van der Waals surface area contributed by atoms with Gasteiger partial charge in [-0.05, 0) is 48.5 Å². The second-order valence-electron chi connectivity index (χ2n) is 5.27. The van der Waals surface area contributed by atoms with Gasteiger partial charge >= 0.3 is 0 Å². The Kier molecular flexibility index (Phi) is 3.84. The third kappa shape index (κ3) is 2.76. The Morgan fingerprint density at radius 3 is 2.58 bits per heavy atom. The Bertz CT molecular complexity index is 563. The number of carbonyl (C=O) groups excluding carboxylic acids is 1. The molecule has 1 aromatic rings. The average Bonchev–Trinajstić information content (AvgIpc) is 3.16. The third-order valence-corrected chi connectivity index (χ3v) is 3.70. The maximum Gasteiger partial charge on any atom is 0.161 e. The number of ketones is 1. The molecule has 19 heavy (non-hydrogen) atoms. The molecule has 0 saturated heterocycles. The van der Waals surface area contributed by atoms with Gasteiger partial charge in [-0.15, -0.1) is 0 Å². The summed E-state index contributed by atoms with van der Waals surface area (Å²) >= 11 is 0. The van der Waals surface area contributed by atoms with Crippen molar-refractivity contribution >= 4 is 11.4 Å². The van der Waals surface area contributed by atoms with Gasteiger partial charge in [0.1, 0.15) is 0 Å². The van der Waals surface area contributed by atoms with E-state index in [0.717, 1.165) is 6.42 Å². The van der Waals surface area contributed by atoms with Crippen molar-refractivity contribution in [1.29, 1.82) is 0 Å². The minimum atomic E-state index is 0.114. The minimum absolute atomic E-state index is 0.114. The molecule has 2 rings (SSSR count). The van der Waals surface area contributed by atoms with Gasteiger partial charge in [0.05, 0.1) is 0 Å². The van der Waals surface area contributed by atoms with Crippen molar-refractivity contribution < 1.29 is 4.79 Å². The molecule has 0 N–H and O–H groups in total. The van der Waals surface area contributed by atoms with Gasteiger partial charge in [-0.1, -0.05) is 49.6 Å². The second-order valence-corrected chi connectivity index (χ2v) is 5.27. The van der Waals surface area contributed by atoms with Crippen LogP contribution in [0.1, 0.15) is 24.5 Å². The van der Waals surface area contributed by atoms with E-state index < -0.39 is 0 Å². The van der Waals surface area contributed by atoms with Crippen molar-refractivity contribution in [2.75, 3.05) is 0 Å². The first kappa shape index (κ1) is 13.5. The molecule has 0 aromatic heterocycles. The van der Waals surface area contributed by atoms with E-state index in [4.69, 9.17) is 0 Å². The molecule has 1 fully saturated rings. The first-order valence-corrected chi connectivity index (χ1v) is 6.64. The van der Waals surface area contributed by atoms with Gasteiger partial charge in [-0.25, -0.2) is 0 Å². The van der Waals surface area contributed by atoms with Crippen LogP contribution in [0, 0.1) is 18.8 Å². The second kappa shape index (κ2) is 5.40. The summed E-state index contributed by atoms with van der Waals surface area (Å²) in [6, 6.07) is 8.29. The van der Waals surface area contributed by atoms with Crippen molar-refractivity contribution in [2.24, 2.45) is 11.8 Å². The summed E-state index contributed by atoms with van der Waals surface area (Å²) in [6.07, 6.45) is 4.78. The summed E-state index contributed by atoms with van der Waals surface area (Å²) in [5, 5.41) is 0. The molecule has 0 amide bonds. The highest BCUT2D eigenvalue weighted by atomic mass is 16.1. The maximum atomic E-state index is 12.0. The standard InChI is InChI=1S/C18H20O/c1-5-8-15(14-10-7-6-9-13(14)4)16-11-17(16)18(19)12(2)3/h5-10,16-17H,1-2,11H2,3-4H3/b15-8+/t16?,17-/m1/s1. The number of carbonyl (C=O) groups is 1. The molecule has 1 aromatic carbocycles. The van der Waals surface area contributed by atoms with Crippen LogP contribution in [0.25, 0.3) is 5.57 Å². The van der Waals surface area contributed by atoms with E-state index in [2.05, 4.69) is 32.2 Å². The van der Waals surface area contributed by atoms with E-state index in [1.165, 1.54) is 16.7 Å². The van der Waals surface area contributed by atoms with E-state index in [-0.39, 0.29) is 11.7 Å². The lowest BCUT2D eigenvalue weighted by atomic mass is 9.94. The van der Waals surface area contributed by atoms with Gasteiger partial charge in [0.25, 0.3) is 0 Å². The molecule has 2 atom stereocenters. The number of hydrogen-bond donors (Lipinski definition) is 0. The van der Waals surface area contributed by atoms with Crippen molar-refractivity contribution in [3.63, 3.8) is 0 Å². The van der Waals surface area contributed by atoms with Crippen LogP contribution in [0.2, 0.25) is 0 Å². The molecule has 0 heterocycles. The quantitative estimate of drug-likeness (QED) is 0.562. The smallest absolute Gasteiger partial charge is 0.161 e. The van der Waals surface area contributed by atoms with E-state index in [1.807, 2.05) is 24.3 Å². The van der Waals surface area contributed by atoms with Crippen molar-refractivity contribution in [2.45, 2.75) is 20.3 Å². The normalized spacial score (nSPS) is 21.9. The van der Waals surface area contributed by atoms with Crippen LogP contribution in [0.15, 0.2) is 55.1 Å². The molecule has 1 nitrogen and oxygen atoms in total. The van der Waals surface area contributed by atoms with Crippen LogP contribution in [-0.2, 0) is 4.79 Å². The van der Waals surface area contributed by atoms with Crippen molar-refractivity contribution in [3.05, 3.63) is 66.3 Å². The molecule has 0 spiro atoms. The molecule has 0 radical (unpaired) electrons. The molecular weight excluding hydrogens is 232 g/mol. The molecule has 1 unspecified atom stereocenters. The highest BCUT2D eigenvalue weighted by Crippen LogP contribution is 2.50. The van der Waals surface area contributed by atoms with Crippen LogP contribution in [0.5, 0.6) is 0 Å². The Labute approximate surface area is 115 Å². The van der Waals surface area contributed by atoms with Crippen LogP contribution in [0.3, 0.4) is 0 Å². The number of rotatable bonds is 5. The van der Waals surface area contributed by atoms with Gasteiger partial charge < -0.3 is 0 Å². The highest BCUT2D eigenvalue weighted by molar-refractivity contribution is 6.00. The summed E-state index contributed by atoms with van der Waals surface area (Å²) in [5.41, 5.74) is 4.36. The van der Waals surface area contributed by atoms with E-state index in [9.17, 15) is 4.79 Å². The minimum Gasteiger partial charge on any atom is -0.294 e. The Morgan fingerprint density at radius 2 is 2.00 bits per heavy atom. The Morgan fingerprint density at radius 1 is 1.32 bits per heavy atom. The Hall–Kier alpha value is -1.89. The summed E-state index contributed by atoms with van der Waals surface area (Å²) < 4.78 is 0. The number of allylic oxidation sites excluding steroid dienone is 4. The van der Waals surface area contributed by atoms with E-state index in [1.54, 1.807) is 6.92 Å². The number of aryl methyl sites for hydroxylation is 1. The van der Waals surface area contributed by atoms with Gasteiger partial charge in [0, 0.05) is 5.92 Å². The summed E-state index contributed by atoms with van der Waals surface area (Å²) in [4.78, 5) is 12.0. The van der Waals surface area contributed by atoms with Gasteiger partial charge in [-0.2, -0.15) is 0 Å². The predicted octanol–water partition coefficient (Wildman–Crippen LogP) is 4.35. The molecule has 1 heteroatoms. The average molecular weight is 252 g/mol. The highest BCUT2D eigenvalue weighted by Gasteiger charge is 2.45. The van der Waals surface area contributed by atoms with Crippen LogP contribution in [0.4, 0.5) is 0 Å². The van der Waals surface area contributed by atoms with Crippen molar-refractivity contribution in [1.82, 2.24) is 0 Å². The first-order chi connectivity index (χ1) is 9.06. The predicted molar refractivity (Wildman–Crippen MR) is 80.8 cm³/mol. The first-order valence-electron chi connectivity index (χ1n) is 6.64. The molecule has 1 aliphatic carbocycles. The fourth-order valence-electron chi connectivity index (χ4n) is 2.58. The molecule has 98 valence electrons. The zero-order valence-corrected chi connectivity index (χ0v) is 11.6. The lowest BCUT2D eigenvalue weighted by molar-refractivity contribution is -0.116. The lowest BCUT2D eigenvalue weighted by Crippen LogP contribution is -2.04. The van der Waals surface area contributed by atoms with Crippen LogP contribution < -0.4 is 0 Å². The fraction of sp³-hybridized carbons (Fsp3) is 0.278. The summed E-state index contributed by atoms with van der Waals surface area (Å²) in [6.45, 7) is 11.4. The van der Waals surface area contributed by atoms with Gasteiger partial charge in [0.15, 0.2) is 5.78 Å². The van der Waals surface area contributed by atoms with E-state index >= 15 is 0 Å². The van der Waals surface area contributed by atoms with Crippen LogP contribution in [-0.4, -0.2) is 5.78 Å². The zero-order chi connectivity index (χ0) is 14.0. The SMILES string of the molecule is C=C/C=C(\c1ccccc1C)C1C[C@H]1C(=O)C(=C)C. The van der Waals surface area contributed by atoms with Gasteiger partial charge in [-0.3, -0.25) is 4.79 Å². The number of benzene rings is 1. The lowest BCUT2D eigenvalue weighted by Gasteiger charge is -2.10. The molecular formula is C18H20O. The van der Waals surface area contributed by atoms with Gasteiger partial charge in [0.2, 0.25) is 0 Å². The Balaban J connectivity index is 2.28. The maximum absolute atomic E-state index is 12.0. The third-order valence-electron chi connectivity index (χ3n) is 3.70. The van der Waals surface area contributed by atoms with Crippen LogP contribution >= 0.6 is 0 Å². The summed E-state index contributed by atoms with van der Waals surface area (Å²) in [7, 11) is 0. The fourth-order valence-corrected chi connectivity index (χ4v) is 2.58. The molecule has 1 aliphatic rings. The summed E-state index contributed by atoms with van der Waals surface area (Å²) in [5.74, 6) is 0.639. The number of hydrogen-bond acceptors (Lipinski definition) is 1. The van der Waals surface area contributed by atoms with Crippen molar-refractivity contribution in [3.8, 4) is 0 Å².